The molecule has 1 N–H and O–H groups in total. The molecule has 1 aromatic heterocycles. The lowest BCUT2D eigenvalue weighted by Gasteiger charge is -2.10. The molecule has 0 saturated heterocycles. The standard InChI is InChI=1S/C19H16Cl4N4O2S/c1-2-27-17(9-29-16-8-12(21)4-6-14(16)23)25-26-19(27)30-10-18(28)24-15-7-11(20)3-5-13(15)22/h3-8H,2,9-10H2,1H3,(H,24,28). The first-order valence-electron chi connectivity index (χ1n) is 8.75. The molecule has 1 heterocycles. The average Bonchev–Trinajstić information content (AvgIpc) is 3.11. The van der Waals surface area contributed by atoms with E-state index < -0.39 is 0 Å². The van der Waals surface area contributed by atoms with Crippen molar-refractivity contribution in [1.82, 2.24) is 14.8 Å². The third-order valence-electron chi connectivity index (χ3n) is 3.89. The fourth-order valence-electron chi connectivity index (χ4n) is 2.49. The van der Waals surface area contributed by atoms with Crippen LogP contribution >= 0.6 is 58.2 Å². The first-order valence-corrected chi connectivity index (χ1v) is 11.2. The van der Waals surface area contributed by atoms with E-state index in [1.54, 1.807) is 36.4 Å². The third kappa shape index (κ3) is 5.95. The molecule has 0 unspecified atom stereocenters. The summed E-state index contributed by atoms with van der Waals surface area (Å²) in [6.45, 7) is 2.72. The molecule has 0 aliphatic heterocycles. The molecule has 11 heteroatoms. The zero-order chi connectivity index (χ0) is 21.7. The molecular formula is C19H16Cl4N4O2S. The molecule has 0 radical (unpaired) electrons. The number of benzene rings is 2. The summed E-state index contributed by atoms with van der Waals surface area (Å²) in [6.07, 6.45) is 0. The Hall–Kier alpha value is -1.64. The summed E-state index contributed by atoms with van der Waals surface area (Å²) in [5.74, 6) is 0.955. The highest BCUT2D eigenvalue weighted by Gasteiger charge is 2.15. The number of carbonyl (C=O) groups excluding carboxylic acids is 1. The number of hydrogen-bond donors (Lipinski definition) is 1. The second-order valence-electron chi connectivity index (χ2n) is 5.97. The number of hydrogen-bond acceptors (Lipinski definition) is 5. The molecule has 0 spiro atoms. The molecule has 0 atom stereocenters. The maximum Gasteiger partial charge on any atom is 0.234 e. The molecule has 3 aromatic rings. The van der Waals surface area contributed by atoms with Gasteiger partial charge in [-0.2, -0.15) is 0 Å². The topological polar surface area (TPSA) is 69.0 Å². The van der Waals surface area contributed by atoms with Crippen LogP contribution in [-0.2, 0) is 17.9 Å². The summed E-state index contributed by atoms with van der Waals surface area (Å²) in [5.41, 5.74) is 0.458. The van der Waals surface area contributed by atoms with Gasteiger partial charge in [-0.25, -0.2) is 0 Å². The van der Waals surface area contributed by atoms with Gasteiger partial charge in [-0.3, -0.25) is 4.79 Å². The van der Waals surface area contributed by atoms with Gasteiger partial charge in [-0.1, -0.05) is 58.2 Å². The summed E-state index contributed by atoms with van der Waals surface area (Å²) >= 11 is 25.4. The van der Waals surface area contributed by atoms with E-state index in [0.717, 1.165) is 0 Å². The molecule has 0 saturated carbocycles. The van der Waals surface area contributed by atoms with Crippen LogP contribution in [0.2, 0.25) is 20.1 Å². The Morgan fingerprint density at radius 3 is 2.50 bits per heavy atom. The summed E-state index contributed by atoms with van der Waals surface area (Å²) in [4.78, 5) is 12.3. The van der Waals surface area contributed by atoms with E-state index in [1.807, 2.05) is 11.5 Å². The highest BCUT2D eigenvalue weighted by molar-refractivity contribution is 7.99. The number of ether oxygens (including phenoxy) is 1. The Balaban J connectivity index is 1.61. The number of nitrogens with one attached hydrogen (secondary N) is 1. The van der Waals surface area contributed by atoms with Crippen molar-refractivity contribution in [2.75, 3.05) is 11.1 Å². The van der Waals surface area contributed by atoms with Crippen molar-refractivity contribution in [3.05, 3.63) is 62.3 Å². The first-order chi connectivity index (χ1) is 14.4. The number of nitrogens with zero attached hydrogens (tertiary/aromatic N) is 3. The van der Waals surface area contributed by atoms with Gasteiger partial charge in [0.2, 0.25) is 5.91 Å². The fraction of sp³-hybridized carbons (Fsp3) is 0.211. The Morgan fingerprint density at radius 2 is 1.77 bits per heavy atom. The maximum atomic E-state index is 12.3. The van der Waals surface area contributed by atoms with Crippen LogP contribution in [0, 0.1) is 0 Å². The SMILES string of the molecule is CCn1c(COc2cc(Cl)ccc2Cl)nnc1SCC(=O)Nc1cc(Cl)ccc1Cl. The van der Waals surface area contributed by atoms with Gasteiger partial charge in [0.25, 0.3) is 0 Å². The van der Waals surface area contributed by atoms with Crippen LogP contribution in [0.4, 0.5) is 5.69 Å². The van der Waals surface area contributed by atoms with Gasteiger partial charge in [-0.05, 0) is 37.3 Å². The molecule has 158 valence electrons. The summed E-state index contributed by atoms with van der Waals surface area (Å²) in [7, 11) is 0. The first kappa shape index (κ1) is 23.0. The van der Waals surface area contributed by atoms with Crippen LogP contribution in [-0.4, -0.2) is 26.4 Å². The molecule has 2 aromatic carbocycles. The highest BCUT2D eigenvalue weighted by Crippen LogP contribution is 2.29. The third-order valence-corrected chi connectivity index (χ3v) is 5.97. The van der Waals surface area contributed by atoms with Gasteiger partial charge in [0.15, 0.2) is 11.0 Å². The second kappa shape index (κ2) is 10.6. The van der Waals surface area contributed by atoms with E-state index in [4.69, 9.17) is 51.1 Å². The van der Waals surface area contributed by atoms with E-state index in [1.165, 1.54) is 11.8 Å². The molecule has 1 amide bonds. The number of rotatable bonds is 8. The molecule has 0 aliphatic carbocycles. The van der Waals surface area contributed by atoms with Crippen LogP contribution in [0.25, 0.3) is 0 Å². The number of thioether (sulfide) groups is 1. The number of aromatic nitrogens is 3. The zero-order valence-corrected chi connectivity index (χ0v) is 19.5. The second-order valence-corrected chi connectivity index (χ2v) is 8.60. The Bertz CT molecular complexity index is 1060. The van der Waals surface area contributed by atoms with Crippen molar-refractivity contribution in [3.63, 3.8) is 0 Å². The largest absolute Gasteiger partial charge is 0.484 e. The molecule has 0 fully saturated rings. The predicted molar refractivity (Wildman–Crippen MR) is 122 cm³/mol. The van der Waals surface area contributed by atoms with Crippen molar-refractivity contribution in [2.24, 2.45) is 0 Å². The van der Waals surface area contributed by atoms with E-state index in [0.29, 0.717) is 49.1 Å². The average molecular weight is 506 g/mol. The maximum absolute atomic E-state index is 12.3. The van der Waals surface area contributed by atoms with Crippen LogP contribution < -0.4 is 10.1 Å². The lowest BCUT2D eigenvalue weighted by atomic mass is 10.3. The predicted octanol–water partition coefficient (Wildman–Crippen LogP) is 6.22. The fourth-order valence-corrected chi connectivity index (χ4v) is 3.98. The monoisotopic (exact) mass is 504 g/mol. The van der Waals surface area contributed by atoms with Crippen LogP contribution in [0.3, 0.4) is 0 Å². The Labute approximate surface area is 197 Å². The molecule has 30 heavy (non-hydrogen) atoms. The van der Waals surface area contributed by atoms with E-state index >= 15 is 0 Å². The van der Waals surface area contributed by atoms with Crippen molar-refractivity contribution in [3.8, 4) is 5.75 Å². The van der Waals surface area contributed by atoms with Crippen molar-refractivity contribution >= 4 is 69.8 Å². The van der Waals surface area contributed by atoms with Crippen LogP contribution in [0.5, 0.6) is 5.75 Å². The smallest absolute Gasteiger partial charge is 0.234 e. The van der Waals surface area contributed by atoms with E-state index in [2.05, 4.69) is 15.5 Å². The number of carbonyl (C=O) groups is 1. The highest BCUT2D eigenvalue weighted by atomic mass is 35.5. The van der Waals surface area contributed by atoms with Crippen molar-refractivity contribution in [2.45, 2.75) is 25.2 Å². The molecule has 0 aliphatic rings. The van der Waals surface area contributed by atoms with Gasteiger partial charge in [-0.15, -0.1) is 10.2 Å². The minimum absolute atomic E-state index is 0.127. The van der Waals surface area contributed by atoms with Crippen LogP contribution in [0.1, 0.15) is 12.7 Å². The lowest BCUT2D eigenvalue weighted by molar-refractivity contribution is -0.113. The van der Waals surface area contributed by atoms with Crippen molar-refractivity contribution in [1.29, 1.82) is 0 Å². The molecule has 3 rings (SSSR count). The minimum Gasteiger partial charge on any atom is -0.484 e. The normalized spacial score (nSPS) is 10.8. The summed E-state index contributed by atoms with van der Waals surface area (Å²) in [6, 6.07) is 9.85. The summed E-state index contributed by atoms with van der Waals surface area (Å²) in [5, 5.41) is 13.5. The van der Waals surface area contributed by atoms with Gasteiger partial charge in [0, 0.05) is 22.7 Å². The van der Waals surface area contributed by atoms with Gasteiger partial charge < -0.3 is 14.6 Å². The lowest BCUT2D eigenvalue weighted by Crippen LogP contribution is -2.15. The Morgan fingerprint density at radius 1 is 1.07 bits per heavy atom. The number of anilines is 1. The summed E-state index contributed by atoms with van der Waals surface area (Å²) < 4.78 is 7.60. The van der Waals surface area contributed by atoms with Crippen molar-refractivity contribution < 1.29 is 9.53 Å². The van der Waals surface area contributed by atoms with E-state index in [9.17, 15) is 4.79 Å². The van der Waals surface area contributed by atoms with Gasteiger partial charge in [0.1, 0.15) is 12.4 Å². The number of halogens is 4. The number of amides is 1. The van der Waals surface area contributed by atoms with E-state index in [-0.39, 0.29) is 18.3 Å². The van der Waals surface area contributed by atoms with Gasteiger partial charge >= 0.3 is 0 Å². The quantitative estimate of drug-likeness (QED) is 0.368. The zero-order valence-electron chi connectivity index (χ0n) is 15.7. The molecule has 6 nitrogen and oxygen atoms in total. The Kier molecular flexibility index (Phi) is 8.13. The van der Waals surface area contributed by atoms with Gasteiger partial charge in [0.05, 0.1) is 21.5 Å². The minimum atomic E-state index is -0.238. The molecular weight excluding hydrogens is 490 g/mol. The van der Waals surface area contributed by atoms with Crippen LogP contribution in [0.15, 0.2) is 41.6 Å². The molecule has 0 bridgehead atoms.